The molecular formula is C26H25BrFN3O4. The highest BCUT2D eigenvalue weighted by atomic mass is 79.9. The van der Waals surface area contributed by atoms with E-state index in [1.807, 2.05) is 12.1 Å². The summed E-state index contributed by atoms with van der Waals surface area (Å²) < 4.78 is 25.1. The highest BCUT2D eigenvalue weighted by Gasteiger charge is 2.07. The second-order valence-corrected chi connectivity index (χ2v) is 8.44. The van der Waals surface area contributed by atoms with Crippen molar-refractivity contribution in [2.24, 2.45) is 5.10 Å². The van der Waals surface area contributed by atoms with E-state index in [-0.39, 0.29) is 37.1 Å². The van der Waals surface area contributed by atoms with Gasteiger partial charge in [0.2, 0.25) is 11.8 Å². The molecule has 0 unspecified atom stereocenters. The molecule has 2 amide bonds. The van der Waals surface area contributed by atoms with E-state index in [9.17, 15) is 14.0 Å². The lowest BCUT2D eigenvalue weighted by Crippen LogP contribution is -2.18. The van der Waals surface area contributed by atoms with Crippen molar-refractivity contribution in [2.75, 3.05) is 12.4 Å². The fourth-order valence-electron chi connectivity index (χ4n) is 3.03. The molecule has 0 radical (unpaired) electrons. The lowest BCUT2D eigenvalue weighted by Gasteiger charge is -2.11. The van der Waals surface area contributed by atoms with Crippen molar-refractivity contribution in [3.8, 4) is 11.5 Å². The molecule has 0 spiro atoms. The van der Waals surface area contributed by atoms with Gasteiger partial charge in [-0.25, -0.2) is 9.82 Å². The quantitative estimate of drug-likeness (QED) is 0.250. The zero-order valence-corrected chi connectivity index (χ0v) is 20.7. The fraction of sp³-hybridized carbons (Fsp3) is 0.192. The maximum atomic E-state index is 13.0. The number of nitrogens with zero attached hydrogens (tertiary/aromatic N) is 1. The first-order chi connectivity index (χ1) is 16.9. The number of amides is 2. The normalized spacial score (nSPS) is 10.7. The van der Waals surface area contributed by atoms with Gasteiger partial charge in [0.15, 0.2) is 11.5 Å². The molecule has 0 bridgehead atoms. The lowest BCUT2D eigenvalue weighted by atomic mass is 10.2. The number of hydrazone groups is 1. The zero-order valence-electron chi connectivity index (χ0n) is 19.1. The van der Waals surface area contributed by atoms with Crippen LogP contribution in [-0.4, -0.2) is 25.1 Å². The summed E-state index contributed by atoms with van der Waals surface area (Å²) in [6.45, 7) is 0.265. The van der Waals surface area contributed by atoms with Crippen LogP contribution < -0.4 is 20.2 Å². The summed E-state index contributed by atoms with van der Waals surface area (Å²) >= 11 is 3.34. The fourth-order valence-corrected chi connectivity index (χ4v) is 3.29. The summed E-state index contributed by atoms with van der Waals surface area (Å²) in [6.07, 6.45) is 2.29. The monoisotopic (exact) mass is 541 g/mol. The van der Waals surface area contributed by atoms with Crippen molar-refractivity contribution in [3.05, 3.63) is 88.1 Å². The average molecular weight is 542 g/mol. The number of hydrogen-bond acceptors (Lipinski definition) is 5. The Kier molecular flexibility index (Phi) is 9.80. The van der Waals surface area contributed by atoms with Gasteiger partial charge in [0.05, 0.1) is 13.3 Å². The van der Waals surface area contributed by atoms with E-state index < -0.39 is 0 Å². The molecule has 2 N–H and O–H groups in total. The van der Waals surface area contributed by atoms with E-state index in [0.29, 0.717) is 29.2 Å². The minimum absolute atomic E-state index is 0.155. The Morgan fingerprint density at radius 3 is 2.40 bits per heavy atom. The Balaban J connectivity index is 1.41. The lowest BCUT2D eigenvalue weighted by molar-refractivity contribution is -0.121. The molecule has 182 valence electrons. The van der Waals surface area contributed by atoms with Crippen LogP contribution in [0.3, 0.4) is 0 Å². The Hall–Kier alpha value is -3.72. The number of nitrogens with one attached hydrogen (secondary N) is 2. The van der Waals surface area contributed by atoms with E-state index in [0.717, 1.165) is 10.0 Å². The van der Waals surface area contributed by atoms with Crippen LogP contribution in [0.4, 0.5) is 10.1 Å². The molecule has 0 heterocycles. The predicted octanol–water partition coefficient (Wildman–Crippen LogP) is 5.43. The molecule has 0 saturated heterocycles. The van der Waals surface area contributed by atoms with E-state index in [1.54, 1.807) is 42.5 Å². The summed E-state index contributed by atoms with van der Waals surface area (Å²) in [5.74, 6) is 0.282. The van der Waals surface area contributed by atoms with Crippen LogP contribution in [-0.2, 0) is 16.2 Å². The topological polar surface area (TPSA) is 89.0 Å². The molecule has 0 aromatic heterocycles. The van der Waals surface area contributed by atoms with Crippen molar-refractivity contribution < 1.29 is 23.5 Å². The Bertz CT molecular complexity index is 1170. The van der Waals surface area contributed by atoms with Crippen molar-refractivity contribution >= 4 is 39.6 Å². The van der Waals surface area contributed by atoms with Crippen molar-refractivity contribution in [2.45, 2.75) is 25.9 Å². The third kappa shape index (κ3) is 8.86. The smallest absolute Gasteiger partial charge is 0.240 e. The van der Waals surface area contributed by atoms with Gasteiger partial charge in [-0.3, -0.25) is 9.59 Å². The third-order valence-electron chi connectivity index (χ3n) is 4.83. The van der Waals surface area contributed by atoms with Crippen molar-refractivity contribution in [3.63, 3.8) is 0 Å². The second kappa shape index (κ2) is 13.2. The maximum absolute atomic E-state index is 13.0. The summed E-state index contributed by atoms with van der Waals surface area (Å²) in [7, 11) is 1.52. The van der Waals surface area contributed by atoms with Crippen LogP contribution in [0.2, 0.25) is 0 Å². The molecule has 35 heavy (non-hydrogen) atoms. The summed E-state index contributed by atoms with van der Waals surface area (Å²) in [4.78, 5) is 24.0. The summed E-state index contributed by atoms with van der Waals surface area (Å²) in [6, 6.07) is 18.6. The van der Waals surface area contributed by atoms with Crippen LogP contribution in [0.25, 0.3) is 0 Å². The molecule has 0 fully saturated rings. The summed E-state index contributed by atoms with van der Waals surface area (Å²) in [5, 5.41) is 6.75. The minimum Gasteiger partial charge on any atom is -0.493 e. The predicted molar refractivity (Wildman–Crippen MR) is 136 cm³/mol. The molecule has 3 aromatic rings. The van der Waals surface area contributed by atoms with Gasteiger partial charge in [-0.2, -0.15) is 5.10 Å². The highest BCUT2D eigenvalue weighted by molar-refractivity contribution is 9.10. The van der Waals surface area contributed by atoms with E-state index in [2.05, 4.69) is 31.8 Å². The maximum Gasteiger partial charge on any atom is 0.240 e. The minimum atomic E-state index is -0.302. The SMILES string of the molecule is COc1cc(/C=N\NC(=O)CCCC(=O)Nc2ccc(Br)cc2)ccc1OCc1ccc(F)cc1. The number of anilines is 1. The highest BCUT2D eigenvalue weighted by Crippen LogP contribution is 2.28. The number of rotatable bonds is 11. The molecular weight excluding hydrogens is 517 g/mol. The van der Waals surface area contributed by atoms with Gasteiger partial charge in [0.25, 0.3) is 0 Å². The molecule has 0 aliphatic carbocycles. The number of hydrogen-bond donors (Lipinski definition) is 2. The van der Waals surface area contributed by atoms with Crippen LogP contribution >= 0.6 is 15.9 Å². The Labute approximate surface area is 211 Å². The first kappa shape index (κ1) is 25.9. The molecule has 3 aromatic carbocycles. The van der Waals surface area contributed by atoms with Crippen molar-refractivity contribution in [1.29, 1.82) is 0 Å². The second-order valence-electron chi connectivity index (χ2n) is 7.53. The molecule has 7 nitrogen and oxygen atoms in total. The van der Waals surface area contributed by atoms with Gasteiger partial charge in [0, 0.05) is 23.0 Å². The number of carbonyl (C=O) groups excluding carboxylic acids is 2. The first-order valence-corrected chi connectivity index (χ1v) is 11.6. The van der Waals surface area contributed by atoms with Crippen LogP contribution in [0.15, 0.2) is 76.3 Å². The first-order valence-electron chi connectivity index (χ1n) is 10.9. The van der Waals surface area contributed by atoms with Gasteiger partial charge in [0.1, 0.15) is 12.4 Å². The molecule has 3 rings (SSSR count). The van der Waals surface area contributed by atoms with Gasteiger partial charge in [-0.05, 0) is 72.1 Å². The number of halogens is 2. The standard InChI is InChI=1S/C26H25BrFN3O4/c1-34-24-15-19(7-14-23(24)35-17-18-5-10-21(28)11-6-18)16-29-31-26(33)4-2-3-25(32)30-22-12-8-20(27)9-13-22/h5-16H,2-4,17H2,1H3,(H,30,32)(H,31,33)/b29-16-. The molecule has 0 saturated carbocycles. The number of methoxy groups -OCH3 is 1. The van der Waals surface area contributed by atoms with Gasteiger partial charge in [-0.1, -0.05) is 28.1 Å². The van der Waals surface area contributed by atoms with Crippen LogP contribution in [0.1, 0.15) is 30.4 Å². The summed E-state index contributed by atoms with van der Waals surface area (Å²) in [5.41, 5.74) is 4.68. The average Bonchev–Trinajstić information content (AvgIpc) is 2.85. The van der Waals surface area contributed by atoms with E-state index in [4.69, 9.17) is 9.47 Å². The Morgan fingerprint density at radius 1 is 0.971 bits per heavy atom. The van der Waals surface area contributed by atoms with Crippen LogP contribution in [0.5, 0.6) is 11.5 Å². The molecule has 0 aliphatic heterocycles. The van der Waals surface area contributed by atoms with E-state index >= 15 is 0 Å². The molecule has 0 aliphatic rings. The van der Waals surface area contributed by atoms with Gasteiger partial charge >= 0.3 is 0 Å². The zero-order chi connectivity index (χ0) is 25.0. The van der Waals surface area contributed by atoms with E-state index in [1.165, 1.54) is 25.5 Å². The Morgan fingerprint density at radius 2 is 1.69 bits per heavy atom. The number of benzene rings is 3. The largest absolute Gasteiger partial charge is 0.493 e. The molecule has 9 heteroatoms. The number of ether oxygens (including phenoxy) is 2. The van der Waals surface area contributed by atoms with Gasteiger partial charge in [-0.15, -0.1) is 0 Å². The van der Waals surface area contributed by atoms with Gasteiger partial charge < -0.3 is 14.8 Å². The number of carbonyl (C=O) groups is 2. The third-order valence-corrected chi connectivity index (χ3v) is 5.36. The molecule has 0 atom stereocenters. The van der Waals surface area contributed by atoms with Crippen LogP contribution in [0, 0.1) is 5.82 Å². The van der Waals surface area contributed by atoms with Crippen molar-refractivity contribution in [1.82, 2.24) is 5.43 Å².